The van der Waals surface area contributed by atoms with E-state index in [4.69, 9.17) is 5.73 Å². The molecule has 0 atom stereocenters. The first-order valence-electron chi connectivity index (χ1n) is 5.49. The van der Waals surface area contributed by atoms with Crippen LogP contribution < -0.4 is 5.73 Å². The molecule has 0 saturated carbocycles. The van der Waals surface area contributed by atoms with Crippen molar-refractivity contribution >= 4 is 27.5 Å². The molecule has 0 fully saturated rings. The van der Waals surface area contributed by atoms with Crippen LogP contribution in [0.1, 0.15) is 11.4 Å². The van der Waals surface area contributed by atoms with Crippen LogP contribution in [0.2, 0.25) is 0 Å². The molecule has 0 aliphatic carbocycles. The van der Waals surface area contributed by atoms with E-state index in [0.717, 1.165) is 15.2 Å². The smallest absolute Gasteiger partial charge is 0.223 e. The maximum absolute atomic E-state index is 11.6. The molecule has 0 aliphatic rings. The molecule has 5 heteroatoms. The molecule has 0 spiro atoms. The Labute approximate surface area is 104 Å². The van der Waals surface area contributed by atoms with Gasteiger partial charge in [0.15, 0.2) is 0 Å². The van der Waals surface area contributed by atoms with Crippen LogP contribution in [0.25, 0.3) is 10.2 Å². The normalized spacial score (nSPS) is 10.7. The van der Waals surface area contributed by atoms with Crippen molar-refractivity contribution in [2.75, 3.05) is 13.6 Å². The number of thiazole rings is 1. The number of hydrogen-bond acceptors (Lipinski definition) is 4. The van der Waals surface area contributed by atoms with E-state index in [1.54, 1.807) is 23.3 Å². The first-order valence-corrected chi connectivity index (χ1v) is 6.31. The molecular weight excluding hydrogens is 234 g/mol. The fourth-order valence-corrected chi connectivity index (χ4v) is 2.61. The Bertz CT molecular complexity index is 490. The number of fused-ring (bicyclic) bond motifs is 1. The zero-order valence-electron chi connectivity index (χ0n) is 9.72. The van der Waals surface area contributed by atoms with Gasteiger partial charge in [-0.05, 0) is 12.1 Å². The van der Waals surface area contributed by atoms with Crippen molar-refractivity contribution in [1.82, 2.24) is 9.88 Å². The SMILES string of the molecule is CN(Cc1nc2ccccc2s1)C(=O)CCN. The van der Waals surface area contributed by atoms with Gasteiger partial charge in [0, 0.05) is 20.0 Å². The van der Waals surface area contributed by atoms with Crippen LogP contribution in [-0.4, -0.2) is 29.4 Å². The van der Waals surface area contributed by atoms with E-state index in [-0.39, 0.29) is 5.91 Å². The number of benzene rings is 1. The Morgan fingerprint density at radius 3 is 2.94 bits per heavy atom. The molecule has 1 heterocycles. The molecule has 2 N–H and O–H groups in total. The molecule has 17 heavy (non-hydrogen) atoms. The molecule has 1 aromatic carbocycles. The van der Waals surface area contributed by atoms with Crippen LogP contribution in [0.3, 0.4) is 0 Å². The summed E-state index contributed by atoms with van der Waals surface area (Å²) in [5.41, 5.74) is 6.35. The average Bonchev–Trinajstić information content (AvgIpc) is 2.71. The number of nitrogens with zero attached hydrogens (tertiary/aromatic N) is 2. The minimum absolute atomic E-state index is 0.0618. The lowest BCUT2D eigenvalue weighted by Gasteiger charge is -2.14. The van der Waals surface area contributed by atoms with Crippen molar-refractivity contribution in [2.45, 2.75) is 13.0 Å². The lowest BCUT2D eigenvalue weighted by molar-refractivity contribution is -0.130. The van der Waals surface area contributed by atoms with Crippen LogP contribution in [0.4, 0.5) is 0 Å². The van der Waals surface area contributed by atoms with E-state index in [1.165, 1.54) is 0 Å². The van der Waals surface area contributed by atoms with Gasteiger partial charge in [0.2, 0.25) is 5.91 Å². The highest BCUT2D eigenvalue weighted by Gasteiger charge is 2.10. The predicted octanol–water partition coefficient (Wildman–Crippen LogP) is 1.60. The monoisotopic (exact) mass is 249 g/mol. The Balaban J connectivity index is 2.10. The minimum Gasteiger partial charge on any atom is -0.339 e. The van der Waals surface area contributed by atoms with Crippen molar-refractivity contribution in [3.8, 4) is 0 Å². The molecule has 0 radical (unpaired) electrons. The number of nitrogens with two attached hydrogens (primary N) is 1. The fourth-order valence-electron chi connectivity index (χ4n) is 1.59. The molecule has 1 amide bonds. The Morgan fingerprint density at radius 1 is 1.47 bits per heavy atom. The Kier molecular flexibility index (Phi) is 3.71. The summed E-state index contributed by atoms with van der Waals surface area (Å²) in [6.45, 7) is 0.946. The summed E-state index contributed by atoms with van der Waals surface area (Å²) in [7, 11) is 1.78. The number of rotatable bonds is 4. The first-order chi connectivity index (χ1) is 8.20. The number of carbonyl (C=O) groups excluding carboxylic acids is 1. The number of aromatic nitrogens is 1. The summed E-state index contributed by atoms with van der Waals surface area (Å²) in [6, 6.07) is 7.98. The van der Waals surface area contributed by atoms with E-state index in [1.807, 2.05) is 24.3 Å². The molecule has 90 valence electrons. The predicted molar refractivity (Wildman–Crippen MR) is 69.8 cm³/mol. The van der Waals surface area contributed by atoms with Gasteiger partial charge in [-0.2, -0.15) is 0 Å². The molecule has 0 unspecified atom stereocenters. The topological polar surface area (TPSA) is 59.2 Å². The van der Waals surface area contributed by atoms with Gasteiger partial charge >= 0.3 is 0 Å². The maximum Gasteiger partial charge on any atom is 0.223 e. The zero-order chi connectivity index (χ0) is 12.3. The van der Waals surface area contributed by atoms with Gasteiger partial charge in [-0.15, -0.1) is 11.3 Å². The van der Waals surface area contributed by atoms with Gasteiger partial charge in [-0.25, -0.2) is 4.98 Å². The second-order valence-electron chi connectivity index (χ2n) is 3.86. The third-order valence-corrected chi connectivity index (χ3v) is 3.52. The largest absolute Gasteiger partial charge is 0.339 e. The highest BCUT2D eigenvalue weighted by molar-refractivity contribution is 7.18. The van der Waals surface area contributed by atoms with Gasteiger partial charge in [-0.3, -0.25) is 4.79 Å². The van der Waals surface area contributed by atoms with E-state index < -0.39 is 0 Å². The molecule has 4 nitrogen and oxygen atoms in total. The standard InChI is InChI=1S/C12H15N3OS/c1-15(12(16)6-7-13)8-11-14-9-4-2-3-5-10(9)17-11/h2-5H,6-8,13H2,1H3. The third-order valence-electron chi connectivity index (χ3n) is 2.49. The molecular formula is C12H15N3OS. The van der Waals surface area contributed by atoms with E-state index >= 15 is 0 Å². The van der Waals surface area contributed by atoms with Crippen LogP contribution >= 0.6 is 11.3 Å². The van der Waals surface area contributed by atoms with E-state index in [0.29, 0.717) is 19.5 Å². The van der Waals surface area contributed by atoms with Crippen molar-refractivity contribution in [3.05, 3.63) is 29.3 Å². The van der Waals surface area contributed by atoms with Crippen LogP contribution in [-0.2, 0) is 11.3 Å². The van der Waals surface area contributed by atoms with Gasteiger partial charge in [0.05, 0.1) is 16.8 Å². The highest BCUT2D eigenvalue weighted by Crippen LogP contribution is 2.22. The van der Waals surface area contributed by atoms with Gasteiger partial charge < -0.3 is 10.6 Å². The summed E-state index contributed by atoms with van der Waals surface area (Å²) in [5, 5.41) is 0.957. The molecule has 0 saturated heterocycles. The molecule has 2 aromatic rings. The van der Waals surface area contributed by atoms with E-state index in [9.17, 15) is 4.79 Å². The summed E-state index contributed by atoms with van der Waals surface area (Å²) in [5.74, 6) is 0.0618. The van der Waals surface area contributed by atoms with Crippen molar-refractivity contribution in [1.29, 1.82) is 0 Å². The number of carbonyl (C=O) groups is 1. The zero-order valence-corrected chi connectivity index (χ0v) is 10.5. The van der Waals surface area contributed by atoms with Gasteiger partial charge in [0.25, 0.3) is 0 Å². The number of para-hydroxylation sites is 1. The molecule has 0 aliphatic heterocycles. The second kappa shape index (κ2) is 5.25. The lowest BCUT2D eigenvalue weighted by atomic mass is 10.3. The average molecular weight is 249 g/mol. The lowest BCUT2D eigenvalue weighted by Crippen LogP contribution is -2.27. The summed E-state index contributed by atoms with van der Waals surface area (Å²) in [6.07, 6.45) is 0.390. The van der Waals surface area contributed by atoms with Crippen molar-refractivity contribution in [3.63, 3.8) is 0 Å². The van der Waals surface area contributed by atoms with Gasteiger partial charge in [0.1, 0.15) is 5.01 Å². The highest BCUT2D eigenvalue weighted by atomic mass is 32.1. The maximum atomic E-state index is 11.6. The molecule has 0 bridgehead atoms. The van der Waals surface area contributed by atoms with E-state index in [2.05, 4.69) is 4.98 Å². The summed E-state index contributed by atoms with van der Waals surface area (Å²) >= 11 is 1.62. The number of amides is 1. The first kappa shape index (κ1) is 12.0. The quantitative estimate of drug-likeness (QED) is 0.895. The minimum atomic E-state index is 0.0618. The third kappa shape index (κ3) is 2.81. The van der Waals surface area contributed by atoms with Crippen LogP contribution in [0, 0.1) is 0 Å². The van der Waals surface area contributed by atoms with Crippen molar-refractivity contribution in [2.24, 2.45) is 5.73 Å². The summed E-state index contributed by atoms with van der Waals surface area (Å²) in [4.78, 5) is 17.7. The van der Waals surface area contributed by atoms with Crippen LogP contribution in [0.15, 0.2) is 24.3 Å². The second-order valence-corrected chi connectivity index (χ2v) is 4.98. The Morgan fingerprint density at radius 2 is 2.24 bits per heavy atom. The number of hydrogen-bond donors (Lipinski definition) is 1. The fraction of sp³-hybridized carbons (Fsp3) is 0.333. The Hall–Kier alpha value is -1.46. The molecule has 1 aromatic heterocycles. The van der Waals surface area contributed by atoms with Crippen molar-refractivity contribution < 1.29 is 4.79 Å². The van der Waals surface area contributed by atoms with Gasteiger partial charge in [-0.1, -0.05) is 12.1 Å². The summed E-state index contributed by atoms with van der Waals surface area (Å²) < 4.78 is 1.15. The molecule has 2 rings (SSSR count). The van der Waals surface area contributed by atoms with Crippen LogP contribution in [0.5, 0.6) is 0 Å².